The molecule has 0 atom stereocenters. The minimum absolute atomic E-state index is 0.306. The summed E-state index contributed by atoms with van der Waals surface area (Å²) in [5.74, 6) is 5.39. The smallest absolute Gasteiger partial charge is 0.143 e. The lowest BCUT2D eigenvalue weighted by atomic mass is 10.3. The van der Waals surface area contributed by atoms with Crippen LogP contribution < -0.4 is 11.3 Å². The average Bonchev–Trinajstić information content (AvgIpc) is 1.84. The van der Waals surface area contributed by atoms with Gasteiger partial charge in [-0.15, -0.1) is 0 Å². The van der Waals surface area contributed by atoms with Crippen LogP contribution in [-0.2, 0) is 0 Å². The zero-order valence-electron chi connectivity index (χ0n) is 5.56. The fourth-order valence-corrected chi connectivity index (χ4v) is 0.977. The molecular weight excluding hydrogens is 194 g/mol. The Morgan fingerprint density at radius 1 is 1.70 bits per heavy atom. The summed E-state index contributed by atoms with van der Waals surface area (Å²) in [4.78, 5) is 0. The van der Waals surface area contributed by atoms with Crippen molar-refractivity contribution < 1.29 is 0 Å². The van der Waals surface area contributed by atoms with E-state index in [0.717, 1.165) is 10.0 Å². The third-order valence-corrected chi connectivity index (χ3v) is 2.09. The van der Waals surface area contributed by atoms with Crippen LogP contribution >= 0.6 is 15.9 Å². The molecule has 3 N–H and O–H groups in total. The molecule has 3 nitrogen and oxygen atoms in total. The molecule has 0 saturated carbocycles. The number of nitrogens with one attached hydrogen (secondary N) is 1. The van der Waals surface area contributed by atoms with Crippen LogP contribution in [0.15, 0.2) is 16.7 Å². The summed E-state index contributed by atoms with van der Waals surface area (Å²) in [5.41, 5.74) is 1.33. The van der Waals surface area contributed by atoms with Gasteiger partial charge >= 0.3 is 0 Å². The number of aromatic nitrogens is 1. The SMILES string of the molecule is Cc1cc(=N)n(N)cc1Br. The van der Waals surface area contributed by atoms with Crippen molar-refractivity contribution >= 4 is 15.9 Å². The molecule has 0 aliphatic heterocycles. The molecule has 0 spiro atoms. The van der Waals surface area contributed by atoms with E-state index in [1.807, 2.05) is 6.92 Å². The summed E-state index contributed by atoms with van der Waals surface area (Å²) in [6.45, 7) is 1.92. The topological polar surface area (TPSA) is 54.8 Å². The third-order valence-electron chi connectivity index (χ3n) is 1.26. The fourth-order valence-electron chi connectivity index (χ4n) is 0.642. The van der Waals surface area contributed by atoms with Crippen molar-refractivity contribution in [3.63, 3.8) is 0 Å². The highest BCUT2D eigenvalue weighted by molar-refractivity contribution is 9.10. The third kappa shape index (κ3) is 1.21. The minimum atomic E-state index is 0.306. The van der Waals surface area contributed by atoms with E-state index in [0.29, 0.717) is 5.49 Å². The highest BCUT2D eigenvalue weighted by Crippen LogP contribution is 2.10. The van der Waals surface area contributed by atoms with Crippen LogP contribution in [0.25, 0.3) is 0 Å². The van der Waals surface area contributed by atoms with Gasteiger partial charge < -0.3 is 5.84 Å². The highest BCUT2D eigenvalue weighted by atomic mass is 79.9. The van der Waals surface area contributed by atoms with E-state index in [1.54, 1.807) is 12.3 Å². The van der Waals surface area contributed by atoms with Crippen molar-refractivity contribution in [1.82, 2.24) is 4.68 Å². The van der Waals surface area contributed by atoms with Gasteiger partial charge in [-0.3, -0.25) is 10.1 Å². The van der Waals surface area contributed by atoms with E-state index in [1.165, 1.54) is 4.68 Å². The Balaban J connectivity index is 3.43. The van der Waals surface area contributed by atoms with Crippen molar-refractivity contribution in [3.8, 4) is 0 Å². The lowest BCUT2D eigenvalue weighted by Gasteiger charge is -2.01. The van der Waals surface area contributed by atoms with Crippen molar-refractivity contribution in [2.75, 3.05) is 5.84 Å². The molecule has 0 bridgehead atoms. The number of pyridine rings is 1. The Morgan fingerprint density at radius 3 is 2.80 bits per heavy atom. The van der Waals surface area contributed by atoms with Gasteiger partial charge in [-0.1, -0.05) is 0 Å². The molecule has 0 aromatic carbocycles. The molecule has 1 rings (SSSR count). The molecule has 0 radical (unpaired) electrons. The number of rotatable bonds is 0. The fraction of sp³-hybridized carbons (Fsp3) is 0.167. The van der Waals surface area contributed by atoms with Crippen molar-refractivity contribution in [2.24, 2.45) is 0 Å². The van der Waals surface area contributed by atoms with E-state index >= 15 is 0 Å². The van der Waals surface area contributed by atoms with Crippen LogP contribution in [0.1, 0.15) is 5.56 Å². The van der Waals surface area contributed by atoms with Crippen molar-refractivity contribution in [1.29, 1.82) is 5.41 Å². The molecule has 4 heteroatoms. The van der Waals surface area contributed by atoms with E-state index in [9.17, 15) is 0 Å². The lowest BCUT2D eigenvalue weighted by Crippen LogP contribution is -2.26. The number of nitrogens with two attached hydrogens (primary N) is 1. The predicted octanol–water partition coefficient (Wildman–Crippen LogP) is 0.752. The second kappa shape index (κ2) is 2.46. The molecule has 54 valence electrons. The van der Waals surface area contributed by atoms with Crippen LogP contribution in [0.5, 0.6) is 0 Å². The largest absolute Gasteiger partial charge is 0.338 e. The van der Waals surface area contributed by atoms with Crippen LogP contribution in [0, 0.1) is 12.3 Å². The second-order valence-corrected chi connectivity index (χ2v) is 2.95. The van der Waals surface area contributed by atoms with Gasteiger partial charge in [0.25, 0.3) is 0 Å². The lowest BCUT2D eigenvalue weighted by molar-refractivity contribution is 0.869. The zero-order valence-corrected chi connectivity index (χ0v) is 7.14. The average molecular weight is 202 g/mol. The van der Waals surface area contributed by atoms with Crippen LogP contribution in [0.2, 0.25) is 0 Å². The van der Waals surface area contributed by atoms with Crippen molar-refractivity contribution in [3.05, 3.63) is 27.8 Å². The maximum absolute atomic E-state index is 7.27. The summed E-state index contributed by atoms with van der Waals surface area (Å²) in [6, 6.07) is 1.70. The normalized spacial score (nSPS) is 9.80. The number of hydrogen-bond donors (Lipinski definition) is 2. The Hall–Kier alpha value is -0.770. The standard InChI is InChI=1S/C6H8BrN3/c1-4-2-6(8)10(9)3-5(4)7/h2-3,8H,9H2,1H3. The zero-order chi connectivity index (χ0) is 7.72. The van der Waals surface area contributed by atoms with Crippen LogP contribution in [-0.4, -0.2) is 4.68 Å². The van der Waals surface area contributed by atoms with Crippen molar-refractivity contribution in [2.45, 2.75) is 6.92 Å². The Kier molecular flexibility index (Phi) is 1.80. The summed E-state index contributed by atoms with van der Waals surface area (Å²) in [7, 11) is 0. The van der Waals surface area contributed by atoms with E-state index < -0.39 is 0 Å². The summed E-state index contributed by atoms with van der Waals surface area (Å²) >= 11 is 3.30. The van der Waals surface area contributed by atoms with Gasteiger partial charge in [0.1, 0.15) is 5.49 Å². The van der Waals surface area contributed by atoms with Crippen LogP contribution in [0.3, 0.4) is 0 Å². The van der Waals surface area contributed by atoms with Gasteiger partial charge in [-0.2, -0.15) is 0 Å². The highest BCUT2D eigenvalue weighted by Gasteiger charge is 1.93. The molecule has 1 aromatic rings. The number of hydrogen-bond acceptors (Lipinski definition) is 2. The molecule has 0 unspecified atom stereocenters. The van der Waals surface area contributed by atoms with Gasteiger partial charge in [0, 0.05) is 10.7 Å². The summed E-state index contributed by atoms with van der Waals surface area (Å²) in [6.07, 6.45) is 1.66. The molecule has 0 aliphatic rings. The molecule has 10 heavy (non-hydrogen) atoms. The Bertz CT molecular complexity index is 302. The Labute approximate surface area is 67.1 Å². The monoisotopic (exact) mass is 201 g/mol. The summed E-state index contributed by atoms with van der Waals surface area (Å²) < 4.78 is 2.18. The number of nitrogens with zero attached hydrogens (tertiary/aromatic N) is 1. The van der Waals surface area contributed by atoms with Crippen LogP contribution in [0.4, 0.5) is 0 Å². The number of aryl methyl sites for hydroxylation is 1. The molecule has 0 amide bonds. The first-order chi connectivity index (χ1) is 4.61. The second-order valence-electron chi connectivity index (χ2n) is 2.10. The van der Waals surface area contributed by atoms with Gasteiger partial charge in [0.05, 0.1) is 0 Å². The molecule has 1 aromatic heterocycles. The van der Waals surface area contributed by atoms with Gasteiger partial charge in [-0.05, 0) is 34.5 Å². The van der Waals surface area contributed by atoms with E-state index in [2.05, 4.69) is 15.9 Å². The molecular formula is C6H8BrN3. The number of nitrogen functional groups attached to an aromatic ring is 1. The first-order valence-electron chi connectivity index (χ1n) is 2.80. The van der Waals surface area contributed by atoms with Gasteiger partial charge in [0.15, 0.2) is 0 Å². The number of halogens is 1. The van der Waals surface area contributed by atoms with Gasteiger partial charge in [-0.25, -0.2) is 0 Å². The first-order valence-corrected chi connectivity index (χ1v) is 3.59. The first kappa shape index (κ1) is 7.34. The minimum Gasteiger partial charge on any atom is -0.338 e. The molecule has 0 saturated heterocycles. The van der Waals surface area contributed by atoms with E-state index in [4.69, 9.17) is 11.3 Å². The van der Waals surface area contributed by atoms with E-state index in [-0.39, 0.29) is 0 Å². The molecule has 0 fully saturated rings. The predicted molar refractivity (Wildman–Crippen MR) is 42.9 cm³/mol. The molecule has 0 aliphatic carbocycles. The maximum atomic E-state index is 7.27. The molecule has 1 heterocycles. The Morgan fingerprint density at radius 2 is 2.30 bits per heavy atom. The maximum Gasteiger partial charge on any atom is 0.143 e. The quantitative estimate of drug-likeness (QED) is 0.599. The van der Waals surface area contributed by atoms with Gasteiger partial charge in [0.2, 0.25) is 0 Å². The summed E-state index contributed by atoms with van der Waals surface area (Å²) in [5, 5.41) is 7.27.